The third kappa shape index (κ3) is 2.80. The van der Waals surface area contributed by atoms with Gasteiger partial charge in [-0.1, -0.05) is 0 Å². The van der Waals surface area contributed by atoms with Gasteiger partial charge in [-0.05, 0) is 25.1 Å². The van der Waals surface area contributed by atoms with Gasteiger partial charge in [0.05, 0.1) is 23.4 Å². The number of hydrogen-bond donors (Lipinski definition) is 1. The highest BCUT2D eigenvalue weighted by atomic mass is 32.1. The van der Waals surface area contributed by atoms with E-state index in [1.54, 1.807) is 22.9 Å². The van der Waals surface area contributed by atoms with Crippen LogP contribution in [0.2, 0.25) is 0 Å². The summed E-state index contributed by atoms with van der Waals surface area (Å²) in [6, 6.07) is 5.03. The van der Waals surface area contributed by atoms with Crippen molar-refractivity contribution in [2.75, 3.05) is 12.4 Å². The molecule has 3 aromatic heterocycles. The van der Waals surface area contributed by atoms with Crippen molar-refractivity contribution in [1.29, 1.82) is 0 Å². The van der Waals surface area contributed by atoms with Gasteiger partial charge in [0.25, 0.3) is 5.91 Å². The number of carbonyl (C=O) groups is 2. The van der Waals surface area contributed by atoms with Crippen LogP contribution in [0.1, 0.15) is 25.7 Å². The number of hydrogen-bond acceptors (Lipinski definition) is 6. The molecular weight excluding hydrogens is 316 g/mol. The number of esters is 1. The highest BCUT2D eigenvalue weighted by molar-refractivity contribution is 7.18. The first-order chi connectivity index (χ1) is 11.0. The van der Waals surface area contributed by atoms with Gasteiger partial charge in [0.2, 0.25) is 0 Å². The van der Waals surface area contributed by atoms with E-state index >= 15 is 0 Å². The highest BCUT2D eigenvalue weighted by Crippen LogP contribution is 2.24. The zero-order valence-corrected chi connectivity index (χ0v) is 13.6. The Morgan fingerprint density at radius 1 is 1.35 bits per heavy atom. The lowest BCUT2D eigenvalue weighted by atomic mass is 10.2. The first-order valence-electron chi connectivity index (χ1n) is 6.78. The Morgan fingerprint density at radius 3 is 2.87 bits per heavy atom. The molecule has 23 heavy (non-hydrogen) atoms. The summed E-state index contributed by atoms with van der Waals surface area (Å²) in [7, 11) is 3.12. The molecule has 0 aromatic carbocycles. The molecule has 3 aromatic rings. The van der Waals surface area contributed by atoms with Crippen LogP contribution in [0.15, 0.2) is 24.4 Å². The topological polar surface area (TPSA) is 86.1 Å². The molecule has 0 radical (unpaired) electrons. The second-order valence-electron chi connectivity index (χ2n) is 4.91. The summed E-state index contributed by atoms with van der Waals surface area (Å²) in [6.45, 7) is 1.87. The van der Waals surface area contributed by atoms with Crippen molar-refractivity contribution in [3.63, 3.8) is 0 Å². The molecule has 0 fully saturated rings. The van der Waals surface area contributed by atoms with Crippen molar-refractivity contribution in [2.24, 2.45) is 7.05 Å². The number of carbonyl (C=O) groups excluding carboxylic acids is 2. The monoisotopic (exact) mass is 330 g/mol. The third-order valence-corrected chi connectivity index (χ3v) is 4.34. The summed E-state index contributed by atoms with van der Waals surface area (Å²) in [5, 5.41) is 8.44. The lowest BCUT2D eigenvalue weighted by Gasteiger charge is -2.02. The second kappa shape index (κ2) is 5.81. The van der Waals surface area contributed by atoms with Crippen LogP contribution in [0.5, 0.6) is 0 Å². The number of aryl methyl sites for hydroxylation is 2. The van der Waals surface area contributed by atoms with Crippen LogP contribution in [0.4, 0.5) is 5.00 Å². The van der Waals surface area contributed by atoms with E-state index in [4.69, 9.17) is 0 Å². The summed E-state index contributed by atoms with van der Waals surface area (Å²) in [6.07, 6.45) is 1.51. The SMILES string of the molecule is COC(=O)c1ccc(NC(=O)c2cnc3c(c2)c(C)nn3C)s1. The van der Waals surface area contributed by atoms with Gasteiger partial charge in [0.1, 0.15) is 4.88 Å². The van der Waals surface area contributed by atoms with E-state index in [9.17, 15) is 9.59 Å². The molecule has 0 atom stereocenters. The Morgan fingerprint density at radius 2 is 2.13 bits per heavy atom. The smallest absolute Gasteiger partial charge is 0.348 e. The van der Waals surface area contributed by atoms with E-state index in [-0.39, 0.29) is 5.91 Å². The third-order valence-electron chi connectivity index (χ3n) is 3.35. The molecule has 0 aliphatic heterocycles. The molecule has 7 nitrogen and oxygen atoms in total. The second-order valence-corrected chi connectivity index (χ2v) is 6.00. The predicted octanol–water partition coefficient (Wildman–Crippen LogP) is 2.38. The van der Waals surface area contributed by atoms with Gasteiger partial charge in [-0.3, -0.25) is 9.48 Å². The summed E-state index contributed by atoms with van der Waals surface area (Å²) in [5.41, 5.74) is 1.97. The number of methoxy groups -OCH3 is 1. The molecule has 0 aliphatic carbocycles. The number of ether oxygens (including phenoxy) is 1. The van der Waals surface area contributed by atoms with E-state index in [1.807, 2.05) is 14.0 Å². The van der Waals surface area contributed by atoms with Gasteiger partial charge in [-0.15, -0.1) is 11.3 Å². The Bertz CT molecular complexity index is 913. The number of anilines is 1. The molecule has 3 heterocycles. The van der Waals surface area contributed by atoms with Gasteiger partial charge in [0, 0.05) is 18.6 Å². The average Bonchev–Trinajstić information content (AvgIpc) is 3.11. The van der Waals surface area contributed by atoms with Gasteiger partial charge in [-0.2, -0.15) is 5.10 Å². The maximum Gasteiger partial charge on any atom is 0.348 e. The molecule has 0 bridgehead atoms. The van der Waals surface area contributed by atoms with Crippen LogP contribution in [0.3, 0.4) is 0 Å². The molecule has 3 rings (SSSR count). The Hall–Kier alpha value is -2.74. The zero-order valence-electron chi connectivity index (χ0n) is 12.8. The molecule has 0 saturated heterocycles. The van der Waals surface area contributed by atoms with E-state index in [2.05, 4.69) is 20.1 Å². The molecule has 1 N–H and O–H groups in total. The van der Waals surface area contributed by atoms with Crippen LogP contribution < -0.4 is 5.32 Å². The van der Waals surface area contributed by atoms with Gasteiger partial charge >= 0.3 is 5.97 Å². The maximum absolute atomic E-state index is 12.3. The number of rotatable bonds is 3. The van der Waals surface area contributed by atoms with Crippen molar-refractivity contribution in [2.45, 2.75) is 6.92 Å². The highest BCUT2D eigenvalue weighted by Gasteiger charge is 2.14. The number of fused-ring (bicyclic) bond motifs is 1. The summed E-state index contributed by atoms with van der Waals surface area (Å²) >= 11 is 1.16. The number of thiophene rings is 1. The van der Waals surface area contributed by atoms with E-state index in [1.165, 1.54) is 13.3 Å². The maximum atomic E-state index is 12.3. The molecule has 0 aliphatic rings. The van der Waals surface area contributed by atoms with E-state index < -0.39 is 5.97 Å². The minimum Gasteiger partial charge on any atom is -0.465 e. The minimum absolute atomic E-state index is 0.291. The van der Waals surface area contributed by atoms with Crippen LogP contribution in [0.25, 0.3) is 11.0 Å². The molecule has 8 heteroatoms. The van der Waals surface area contributed by atoms with Crippen molar-refractivity contribution in [3.05, 3.63) is 40.5 Å². The van der Waals surface area contributed by atoms with Crippen molar-refractivity contribution < 1.29 is 14.3 Å². The lowest BCUT2D eigenvalue weighted by molar-refractivity contribution is 0.0606. The average molecular weight is 330 g/mol. The molecule has 0 saturated carbocycles. The fourth-order valence-electron chi connectivity index (χ4n) is 2.23. The first-order valence-corrected chi connectivity index (χ1v) is 7.60. The predicted molar refractivity (Wildman–Crippen MR) is 86.9 cm³/mol. The number of amides is 1. The molecule has 0 spiro atoms. The van der Waals surface area contributed by atoms with E-state index in [0.29, 0.717) is 15.4 Å². The summed E-state index contributed by atoms with van der Waals surface area (Å²) < 4.78 is 6.32. The fraction of sp³-hybridized carbons (Fsp3) is 0.200. The quantitative estimate of drug-likeness (QED) is 0.745. The van der Waals surface area contributed by atoms with Crippen LogP contribution in [-0.4, -0.2) is 33.8 Å². The summed E-state index contributed by atoms with van der Waals surface area (Å²) in [4.78, 5) is 28.5. The number of nitrogens with one attached hydrogen (secondary N) is 1. The molecular formula is C15H14N4O3S. The Labute approximate surface area is 135 Å². The van der Waals surface area contributed by atoms with Crippen LogP contribution >= 0.6 is 11.3 Å². The van der Waals surface area contributed by atoms with Crippen LogP contribution in [0, 0.1) is 6.92 Å². The van der Waals surface area contributed by atoms with Gasteiger partial charge < -0.3 is 10.1 Å². The van der Waals surface area contributed by atoms with Crippen LogP contribution in [-0.2, 0) is 11.8 Å². The number of nitrogens with zero attached hydrogens (tertiary/aromatic N) is 3. The van der Waals surface area contributed by atoms with Gasteiger partial charge in [-0.25, -0.2) is 9.78 Å². The summed E-state index contributed by atoms with van der Waals surface area (Å²) in [5.74, 6) is -0.717. The lowest BCUT2D eigenvalue weighted by Crippen LogP contribution is -2.11. The fourth-order valence-corrected chi connectivity index (χ4v) is 3.05. The molecule has 118 valence electrons. The molecule has 1 amide bonds. The Kier molecular flexibility index (Phi) is 3.83. The standard InChI is InChI=1S/C15H14N4O3S/c1-8-10-6-9(7-16-13(10)19(2)18-8)14(20)17-12-5-4-11(23-12)15(21)22-3/h4-7H,1-3H3,(H,17,20). The van der Waals surface area contributed by atoms with Gasteiger partial charge in [0.15, 0.2) is 5.65 Å². The molecule has 0 unspecified atom stereocenters. The largest absolute Gasteiger partial charge is 0.465 e. The number of pyridine rings is 1. The van der Waals surface area contributed by atoms with Crippen molar-refractivity contribution in [3.8, 4) is 0 Å². The van der Waals surface area contributed by atoms with E-state index in [0.717, 1.165) is 28.1 Å². The number of aromatic nitrogens is 3. The van der Waals surface area contributed by atoms with Crippen molar-refractivity contribution >= 4 is 39.2 Å². The normalized spacial score (nSPS) is 10.7. The zero-order chi connectivity index (χ0) is 16.6. The first kappa shape index (κ1) is 15.2. The Balaban J connectivity index is 1.84. The minimum atomic E-state index is -0.426. The van der Waals surface area contributed by atoms with Crippen molar-refractivity contribution in [1.82, 2.24) is 14.8 Å².